The van der Waals surface area contributed by atoms with Gasteiger partial charge in [0.25, 0.3) is 5.91 Å². The van der Waals surface area contributed by atoms with E-state index in [1.54, 1.807) is 37.3 Å². The number of thiazole rings is 1. The van der Waals surface area contributed by atoms with E-state index >= 15 is 0 Å². The Labute approximate surface area is 291 Å². The van der Waals surface area contributed by atoms with Crippen molar-refractivity contribution >= 4 is 69.4 Å². The van der Waals surface area contributed by atoms with Crippen LogP contribution in [0.1, 0.15) is 46.9 Å². The van der Waals surface area contributed by atoms with Crippen molar-refractivity contribution in [2.75, 3.05) is 38.5 Å². The number of Topliss-reactive ketones (excluding diaryl/α,β-unsaturated/α-hetero) is 1. The highest BCUT2D eigenvalue weighted by molar-refractivity contribution is 14.1. The molecule has 258 valence electrons. The molecule has 47 heavy (non-hydrogen) atoms. The zero-order valence-corrected chi connectivity index (χ0v) is 29.9. The lowest BCUT2D eigenvalue weighted by Gasteiger charge is -2.31. The number of alkyl halides is 1. The minimum absolute atomic E-state index is 0.0262. The summed E-state index contributed by atoms with van der Waals surface area (Å²) in [5.74, 6) is -3.70. The number of aryl methyl sites for hydroxylation is 1. The number of esters is 2. The molecule has 0 aliphatic rings. The normalized spacial score (nSPS) is 14.1. The number of nitrogens with zero attached hydrogens (tertiary/aromatic N) is 1. The number of amides is 3. The van der Waals surface area contributed by atoms with Crippen molar-refractivity contribution in [1.29, 1.82) is 0 Å². The average Bonchev–Trinajstić information content (AvgIpc) is 3.48. The van der Waals surface area contributed by atoms with Gasteiger partial charge in [-0.15, -0.1) is 11.3 Å². The smallest absolute Gasteiger partial charge is 0.306 e. The van der Waals surface area contributed by atoms with Crippen LogP contribution in [-0.4, -0.2) is 103 Å². The van der Waals surface area contributed by atoms with Gasteiger partial charge in [-0.25, -0.2) is 4.98 Å². The first-order valence-electron chi connectivity index (χ1n) is 14.6. The topological polar surface area (TPSA) is 188 Å². The second-order valence-electron chi connectivity index (χ2n) is 10.6. The largest absolute Gasteiger partial charge is 0.466 e. The first-order valence-corrected chi connectivity index (χ1v) is 17.0. The molecule has 0 aliphatic heterocycles. The number of hydrogen-bond donors (Lipinski definition) is 3. The number of carbonyl (C=O) groups excluding carboxylic acids is 6. The summed E-state index contributed by atoms with van der Waals surface area (Å²) in [5, 5.41) is 8.55. The minimum Gasteiger partial charge on any atom is -0.466 e. The number of hydrogen-bond acceptors (Lipinski definition) is 12. The Bertz CT molecular complexity index is 1380. The maximum Gasteiger partial charge on any atom is 0.306 e. The molecule has 0 saturated carbocycles. The van der Waals surface area contributed by atoms with Crippen molar-refractivity contribution in [3.05, 3.63) is 52.0 Å². The molecule has 0 spiro atoms. The molecule has 3 N–H and O–H groups in total. The summed E-state index contributed by atoms with van der Waals surface area (Å²) in [6.07, 6.45) is 1.57. The Morgan fingerprint density at radius 2 is 1.53 bits per heavy atom. The summed E-state index contributed by atoms with van der Waals surface area (Å²) >= 11 is 3.09. The maximum absolute atomic E-state index is 14.0. The predicted molar refractivity (Wildman–Crippen MR) is 180 cm³/mol. The van der Waals surface area contributed by atoms with E-state index in [1.165, 1.54) is 34.3 Å². The molecule has 1 heterocycles. The highest BCUT2D eigenvalue weighted by atomic mass is 127. The molecule has 0 fully saturated rings. The number of nitrogens with one attached hydrogen (secondary N) is 3. The highest BCUT2D eigenvalue weighted by Gasteiger charge is 2.42. The van der Waals surface area contributed by atoms with Crippen molar-refractivity contribution in [3.63, 3.8) is 0 Å². The summed E-state index contributed by atoms with van der Waals surface area (Å²) in [6, 6.07) is 5.34. The van der Waals surface area contributed by atoms with Gasteiger partial charge in [0, 0.05) is 32.0 Å². The Balaban J connectivity index is 2.24. The van der Waals surface area contributed by atoms with Crippen molar-refractivity contribution in [1.82, 2.24) is 20.9 Å². The number of aromatic nitrogens is 1. The van der Waals surface area contributed by atoms with Crippen LogP contribution >= 0.6 is 33.9 Å². The van der Waals surface area contributed by atoms with E-state index in [4.69, 9.17) is 18.9 Å². The fraction of sp³-hybridized carbons (Fsp3) is 0.516. The van der Waals surface area contributed by atoms with Crippen molar-refractivity contribution in [2.24, 2.45) is 0 Å². The summed E-state index contributed by atoms with van der Waals surface area (Å²) < 4.78 is 20.9. The zero-order chi connectivity index (χ0) is 35.0. The minimum atomic E-state index is -1.62. The number of halogens is 1. The van der Waals surface area contributed by atoms with Crippen LogP contribution in [0.3, 0.4) is 0 Å². The average molecular weight is 789 g/mol. The van der Waals surface area contributed by atoms with E-state index in [0.717, 1.165) is 16.9 Å². The van der Waals surface area contributed by atoms with Gasteiger partial charge in [0.1, 0.15) is 17.0 Å². The van der Waals surface area contributed by atoms with E-state index in [2.05, 4.69) is 20.9 Å². The standard InChI is InChI=1S/C31H41IN4O10S/c1-19-33-15-25(47-19)30(42)36-24(17-44-5)29(41)35-23(16-43-4)28(40)34-22(14-21-10-7-6-8-11-21)27(39)31(3,18-32)46-26(38)12-9-13-45-20(2)37/h6-8,10-11,15,22-24H,9,12-14,16-18H2,1-5H3,(H,34,40)(H,35,41)(H,36,42)/t22-,23-,24-,31+/m0/s1. The second-order valence-corrected chi connectivity index (χ2v) is 12.6. The Hall–Kier alpha value is -3.48. The van der Waals surface area contributed by atoms with Gasteiger partial charge in [0.2, 0.25) is 11.8 Å². The molecule has 4 atom stereocenters. The molecule has 2 aromatic rings. The van der Waals surface area contributed by atoms with Crippen LogP contribution in [0.25, 0.3) is 0 Å². The van der Waals surface area contributed by atoms with E-state index in [0.29, 0.717) is 9.88 Å². The number of benzene rings is 1. The fourth-order valence-electron chi connectivity index (χ4n) is 4.25. The van der Waals surface area contributed by atoms with Crippen LogP contribution in [0, 0.1) is 6.92 Å². The predicted octanol–water partition coefficient (Wildman–Crippen LogP) is 1.70. The van der Waals surface area contributed by atoms with Gasteiger partial charge in [-0.05, 0) is 32.3 Å². The van der Waals surface area contributed by atoms with E-state index in [9.17, 15) is 28.8 Å². The van der Waals surface area contributed by atoms with Crippen LogP contribution in [0.5, 0.6) is 0 Å². The number of ether oxygens (including phenoxy) is 4. The summed E-state index contributed by atoms with van der Waals surface area (Å²) in [7, 11) is 2.70. The number of rotatable bonds is 20. The van der Waals surface area contributed by atoms with Gasteiger partial charge in [0.15, 0.2) is 11.4 Å². The molecule has 2 rings (SSSR count). The lowest BCUT2D eigenvalue weighted by molar-refractivity contribution is -0.164. The van der Waals surface area contributed by atoms with Gasteiger partial charge < -0.3 is 34.9 Å². The summed E-state index contributed by atoms with van der Waals surface area (Å²) in [4.78, 5) is 81.6. The molecular weight excluding hydrogens is 747 g/mol. The number of carbonyl (C=O) groups is 6. The SMILES string of the molecule is COC[C@H](NC(=O)c1cnc(C)s1)C(=O)N[C@@H](COC)C(=O)N[C@@H](Cc1ccccc1)C(=O)[C@@](C)(CI)OC(=O)CCCOC(C)=O. The van der Waals surface area contributed by atoms with Crippen molar-refractivity contribution < 1.29 is 47.7 Å². The van der Waals surface area contributed by atoms with Gasteiger partial charge >= 0.3 is 11.9 Å². The molecular formula is C31H41IN4O10S. The maximum atomic E-state index is 14.0. The van der Waals surface area contributed by atoms with Gasteiger partial charge in [-0.1, -0.05) is 52.9 Å². The first-order chi connectivity index (χ1) is 22.3. The quantitative estimate of drug-likeness (QED) is 0.0768. The fourth-order valence-corrected chi connectivity index (χ4v) is 5.46. The first kappa shape index (κ1) is 39.7. The lowest BCUT2D eigenvalue weighted by atomic mass is 9.92. The van der Waals surface area contributed by atoms with Crippen molar-refractivity contribution in [3.8, 4) is 0 Å². The Kier molecular flexibility index (Phi) is 16.9. The molecule has 0 aliphatic carbocycles. The monoisotopic (exact) mass is 788 g/mol. The molecule has 3 amide bonds. The van der Waals surface area contributed by atoms with Crippen LogP contribution in [0.15, 0.2) is 36.5 Å². The zero-order valence-electron chi connectivity index (χ0n) is 27.0. The molecule has 0 saturated heterocycles. The summed E-state index contributed by atoms with van der Waals surface area (Å²) in [5.41, 5.74) is -0.891. The molecule has 14 nitrogen and oxygen atoms in total. The van der Waals surface area contributed by atoms with Gasteiger partial charge in [0.05, 0.1) is 37.1 Å². The van der Waals surface area contributed by atoms with E-state index in [-0.39, 0.29) is 43.5 Å². The Morgan fingerprint density at radius 3 is 2.06 bits per heavy atom. The highest BCUT2D eigenvalue weighted by Crippen LogP contribution is 2.21. The third-order valence-electron chi connectivity index (χ3n) is 6.63. The molecule has 1 aromatic carbocycles. The molecule has 0 radical (unpaired) electrons. The summed E-state index contributed by atoms with van der Waals surface area (Å²) in [6.45, 7) is 4.05. The lowest BCUT2D eigenvalue weighted by Crippen LogP contribution is -2.60. The number of ketones is 1. The molecule has 0 unspecified atom stereocenters. The van der Waals surface area contributed by atoms with Crippen LogP contribution in [-0.2, 0) is 49.3 Å². The molecule has 0 bridgehead atoms. The van der Waals surface area contributed by atoms with Crippen LogP contribution < -0.4 is 16.0 Å². The van der Waals surface area contributed by atoms with Gasteiger partial charge in [-0.2, -0.15) is 0 Å². The second kappa shape index (κ2) is 20.0. The van der Waals surface area contributed by atoms with E-state index < -0.39 is 59.2 Å². The van der Waals surface area contributed by atoms with E-state index in [1.807, 2.05) is 22.6 Å². The van der Waals surface area contributed by atoms with Crippen LogP contribution in [0.4, 0.5) is 0 Å². The Morgan fingerprint density at radius 1 is 0.936 bits per heavy atom. The molecule has 16 heteroatoms. The van der Waals surface area contributed by atoms with Gasteiger partial charge in [-0.3, -0.25) is 28.8 Å². The molecule has 1 aromatic heterocycles. The third-order valence-corrected chi connectivity index (χ3v) is 9.00. The third kappa shape index (κ3) is 13.3. The number of methoxy groups -OCH3 is 2. The van der Waals surface area contributed by atoms with Crippen molar-refractivity contribution in [2.45, 2.75) is 63.8 Å². The van der Waals surface area contributed by atoms with Crippen LogP contribution in [0.2, 0.25) is 0 Å².